The standard InChI is InChI=1S/C20H19N3OS2/c1-13(17-10-9-15-6-3-4-8-18(15)21-17)14(2)26-20-23-22-19(24-20)12-16-7-5-11-25-16/h3-11,13-14H,12H2,1-2H3/t13-,14-/m1/s1. The summed E-state index contributed by atoms with van der Waals surface area (Å²) in [6, 6.07) is 16.6. The molecule has 0 aliphatic heterocycles. The monoisotopic (exact) mass is 381 g/mol. The molecule has 0 aliphatic carbocycles. The van der Waals surface area contributed by atoms with Crippen LogP contribution in [0.2, 0.25) is 0 Å². The predicted octanol–water partition coefficient (Wildman–Crippen LogP) is 5.55. The molecule has 0 saturated carbocycles. The van der Waals surface area contributed by atoms with Crippen molar-refractivity contribution in [3.8, 4) is 0 Å². The zero-order valence-electron chi connectivity index (χ0n) is 14.6. The van der Waals surface area contributed by atoms with E-state index in [9.17, 15) is 0 Å². The van der Waals surface area contributed by atoms with Gasteiger partial charge in [-0.2, -0.15) is 0 Å². The van der Waals surface area contributed by atoms with Gasteiger partial charge in [-0.05, 0) is 23.6 Å². The molecule has 4 rings (SSSR count). The zero-order chi connectivity index (χ0) is 17.9. The molecule has 0 spiro atoms. The molecular weight excluding hydrogens is 362 g/mol. The number of aromatic nitrogens is 3. The van der Waals surface area contributed by atoms with Crippen LogP contribution in [-0.2, 0) is 6.42 Å². The van der Waals surface area contributed by atoms with Crippen LogP contribution >= 0.6 is 23.1 Å². The van der Waals surface area contributed by atoms with Crippen molar-refractivity contribution in [1.29, 1.82) is 0 Å². The van der Waals surface area contributed by atoms with Crippen molar-refractivity contribution in [2.45, 2.75) is 36.7 Å². The summed E-state index contributed by atoms with van der Waals surface area (Å²) in [6.45, 7) is 4.37. The van der Waals surface area contributed by atoms with E-state index in [2.05, 4.69) is 59.8 Å². The molecule has 3 heterocycles. The van der Waals surface area contributed by atoms with E-state index in [4.69, 9.17) is 9.40 Å². The van der Waals surface area contributed by atoms with E-state index < -0.39 is 0 Å². The van der Waals surface area contributed by atoms with Crippen LogP contribution in [-0.4, -0.2) is 20.4 Å². The van der Waals surface area contributed by atoms with Crippen molar-refractivity contribution < 1.29 is 4.42 Å². The van der Waals surface area contributed by atoms with Gasteiger partial charge in [0.1, 0.15) is 0 Å². The van der Waals surface area contributed by atoms with E-state index >= 15 is 0 Å². The van der Waals surface area contributed by atoms with Crippen LogP contribution in [0, 0.1) is 0 Å². The van der Waals surface area contributed by atoms with Crippen LogP contribution in [0.4, 0.5) is 0 Å². The number of hydrogen-bond acceptors (Lipinski definition) is 6. The summed E-state index contributed by atoms with van der Waals surface area (Å²) in [6.07, 6.45) is 0.696. The molecule has 4 aromatic rings. The average molecular weight is 382 g/mol. The van der Waals surface area contributed by atoms with Crippen LogP contribution in [0.15, 0.2) is 63.6 Å². The highest BCUT2D eigenvalue weighted by Crippen LogP contribution is 2.32. The molecule has 0 N–H and O–H groups in total. The minimum Gasteiger partial charge on any atom is -0.416 e. The molecule has 0 saturated heterocycles. The highest BCUT2D eigenvalue weighted by molar-refractivity contribution is 7.99. The second kappa shape index (κ2) is 7.60. The fourth-order valence-corrected chi connectivity index (χ4v) is 4.35. The first-order chi connectivity index (χ1) is 12.7. The molecule has 1 aromatic carbocycles. The van der Waals surface area contributed by atoms with Gasteiger partial charge in [0.2, 0.25) is 5.89 Å². The summed E-state index contributed by atoms with van der Waals surface area (Å²) in [7, 11) is 0. The molecule has 132 valence electrons. The normalized spacial score (nSPS) is 13.8. The van der Waals surface area contributed by atoms with Gasteiger partial charge >= 0.3 is 0 Å². The van der Waals surface area contributed by atoms with Gasteiger partial charge in [-0.15, -0.1) is 21.5 Å². The van der Waals surface area contributed by atoms with Gasteiger partial charge in [-0.25, -0.2) is 0 Å². The Morgan fingerprint density at radius 3 is 2.77 bits per heavy atom. The van der Waals surface area contributed by atoms with E-state index in [0.29, 0.717) is 17.5 Å². The largest absolute Gasteiger partial charge is 0.416 e. The molecule has 0 fully saturated rings. The Labute approximate surface area is 160 Å². The molecule has 4 nitrogen and oxygen atoms in total. The third-order valence-corrected chi connectivity index (χ3v) is 6.45. The van der Waals surface area contributed by atoms with E-state index in [-0.39, 0.29) is 11.2 Å². The number of benzene rings is 1. The van der Waals surface area contributed by atoms with Crippen molar-refractivity contribution in [2.24, 2.45) is 0 Å². The predicted molar refractivity (Wildman–Crippen MR) is 107 cm³/mol. The maximum atomic E-state index is 5.81. The second-order valence-corrected chi connectivity index (χ2v) is 8.62. The van der Waals surface area contributed by atoms with Crippen molar-refractivity contribution in [1.82, 2.24) is 15.2 Å². The fourth-order valence-electron chi connectivity index (χ4n) is 2.76. The molecule has 0 amide bonds. The van der Waals surface area contributed by atoms with Gasteiger partial charge in [0.05, 0.1) is 11.9 Å². The maximum Gasteiger partial charge on any atom is 0.276 e. The molecule has 0 radical (unpaired) electrons. The lowest BCUT2D eigenvalue weighted by Crippen LogP contribution is -2.10. The Morgan fingerprint density at radius 2 is 1.92 bits per heavy atom. The molecular formula is C20H19N3OS2. The van der Waals surface area contributed by atoms with E-state index in [1.165, 1.54) is 10.3 Å². The number of thiophene rings is 1. The van der Waals surface area contributed by atoms with Gasteiger partial charge in [-0.1, -0.05) is 55.9 Å². The first-order valence-electron chi connectivity index (χ1n) is 8.56. The van der Waals surface area contributed by atoms with E-state index in [1.54, 1.807) is 23.1 Å². The zero-order valence-corrected chi connectivity index (χ0v) is 16.3. The number of para-hydroxylation sites is 1. The van der Waals surface area contributed by atoms with Gasteiger partial charge < -0.3 is 4.42 Å². The maximum absolute atomic E-state index is 5.81. The molecule has 0 unspecified atom stereocenters. The Hall–Kier alpha value is -2.18. The number of hydrogen-bond donors (Lipinski definition) is 0. The lowest BCUT2D eigenvalue weighted by atomic mass is 10.0. The Bertz CT molecular complexity index is 997. The van der Waals surface area contributed by atoms with Crippen molar-refractivity contribution in [3.63, 3.8) is 0 Å². The smallest absolute Gasteiger partial charge is 0.276 e. The number of thioether (sulfide) groups is 1. The van der Waals surface area contributed by atoms with Crippen molar-refractivity contribution in [3.05, 3.63) is 70.4 Å². The van der Waals surface area contributed by atoms with Gasteiger partial charge in [0.25, 0.3) is 5.22 Å². The highest BCUT2D eigenvalue weighted by atomic mass is 32.2. The van der Waals surface area contributed by atoms with Crippen LogP contribution < -0.4 is 0 Å². The molecule has 0 aliphatic rings. The van der Waals surface area contributed by atoms with Crippen LogP contribution in [0.5, 0.6) is 0 Å². The summed E-state index contributed by atoms with van der Waals surface area (Å²) in [4.78, 5) is 6.04. The summed E-state index contributed by atoms with van der Waals surface area (Å²) in [5.41, 5.74) is 2.12. The van der Waals surface area contributed by atoms with Gasteiger partial charge in [0, 0.05) is 27.1 Å². The van der Waals surface area contributed by atoms with Gasteiger partial charge in [0.15, 0.2) is 0 Å². The minimum absolute atomic E-state index is 0.275. The molecule has 26 heavy (non-hydrogen) atoms. The summed E-state index contributed by atoms with van der Waals surface area (Å²) >= 11 is 3.31. The van der Waals surface area contributed by atoms with Crippen LogP contribution in [0.1, 0.15) is 36.2 Å². The molecule has 0 bridgehead atoms. The summed E-state index contributed by atoms with van der Waals surface area (Å²) in [5, 5.41) is 12.5. The first kappa shape index (κ1) is 17.2. The number of nitrogens with zero attached hydrogens (tertiary/aromatic N) is 3. The fraction of sp³-hybridized carbons (Fsp3) is 0.250. The summed E-state index contributed by atoms with van der Waals surface area (Å²) in [5.74, 6) is 0.941. The minimum atomic E-state index is 0.275. The Kier molecular flexibility index (Phi) is 5.04. The van der Waals surface area contributed by atoms with Crippen molar-refractivity contribution >= 4 is 34.0 Å². The number of rotatable bonds is 6. The highest BCUT2D eigenvalue weighted by Gasteiger charge is 2.20. The van der Waals surface area contributed by atoms with Crippen LogP contribution in [0.3, 0.4) is 0 Å². The SMILES string of the molecule is C[C@@H](Sc1nnc(Cc2cccs2)o1)[C@@H](C)c1ccc2ccccc2n1. The quantitative estimate of drug-likeness (QED) is 0.410. The third-order valence-electron chi connectivity index (χ3n) is 4.43. The van der Waals surface area contributed by atoms with E-state index in [1.807, 2.05) is 18.2 Å². The first-order valence-corrected chi connectivity index (χ1v) is 10.3. The molecule has 2 atom stereocenters. The van der Waals surface area contributed by atoms with Crippen LogP contribution in [0.25, 0.3) is 10.9 Å². The molecule has 6 heteroatoms. The second-order valence-electron chi connectivity index (χ2n) is 6.26. The van der Waals surface area contributed by atoms with E-state index in [0.717, 1.165) is 11.2 Å². The number of pyridine rings is 1. The lowest BCUT2D eigenvalue weighted by Gasteiger charge is -2.17. The topological polar surface area (TPSA) is 51.8 Å². The lowest BCUT2D eigenvalue weighted by molar-refractivity contribution is 0.419. The molecule has 3 aromatic heterocycles. The third kappa shape index (κ3) is 3.81. The summed E-state index contributed by atoms with van der Waals surface area (Å²) < 4.78 is 5.81. The van der Waals surface area contributed by atoms with Crippen molar-refractivity contribution in [2.75, 3.05) is 0 Å². The average Bonchev–Trinajstić information content (AvgIpc) is 3.33. The number of fused-ring (bicyclic) bond motifs is 1. The Balaban J connectivity index is 1.45. The van der Waals surface area contributed by atoms with Gasteiger partial charge in [-0.3, -0.25) is 4.98 Å². The Morgan fingerprint density at radius 1 is 1.04 bits per heavy atom.